The van der Waals surface area contributed by atoms with Crippen molar-refractivity contribution in [3.63, 3.8) is 0 Å². The summed E-state index contributed by atoms with van der Waals surface area (Å²) in [6, 6.07) is 12.7. The van der Waals surface area contributed by atoms with Crippen LogP contribution < -0.4 is 25.0 Å². The van der Waals surface area contributed by atoms with Crippen LogP contribution in [0.15, 0.2) is 87.8 Å². The van der Waals surface area contributed by atoms with Crippen molar-refractivity contribution in [3.8, 4) is 34.5 Å². The zero-order valence-electron chi connectivity index (χ0n) is 40.9. The van der Waals surface area contributed by atoms with Crippen molar-refractivity contribution < 1.29 is 62.2 Å². The Hall–Kier alpha value is -6.79. The number of amides is 1. The monoisotopic (exact) mass is 961 g/mol. The van der Waals surface area contributed by atoms with E-state index in [2.05, 4.69) is 5.32 Å². The number of anilines is 1. The number of Topliss-reactive ketones (excluding diaryl/α,β-unsaturated/α-hetero) is 1. The Kier molecular flexibility index (Phi) is 14.1. The number of likely N-dealkylation sites (N-methyl/N-ethyl adjacent to an activating group) is 1. The second-order valence-electron chi connectivity index (χ2n) is 18.6. The van der Waals surface area contributed by atoms with Crippen molar-refractivity contribution in [2.75, 3.05) is 39.7 Å². The van der Waals surface area contributed by atoms with Crippen molar-refractivity contribution in [2.45, 2.75) is 91.4 Å². The third-order valence-electron chi connectivity index (χ3n) is 13.3. The van der Waals surface area contributed by atoms with Gasteiger partial charge in [0.1, 0.15) is 59.6 Å². The average molecular weight is 962 g/mol. The lowest BCUT2D eigenvalue weighted by molar-refractivity contribution is -0.168. The van der Waals surface area contributed by atoms with Crippen LogP contribution in [0.3, 0.4) is 0 Å². The van der Waals surface area contributed by atoms with Gasteiger partial charge in [-0.2, -0.15) is 0 Å². The number of hydrogen-bond acceptors (Lipinski definition) is 16. The lowest BCUT2D eigenvalue weighted by Gasteiger charge is -2.33. The molecule has 1 fully saturated rings. The summed E-state index contributed by atoms with van der Waals surface area (Å²) in [6.45, 7) is 12.3. The third-order valence-corrected chi connectivity index (χ3v) is 13.3. The van der Waals surface area contributed by atoms with Crippen molar-refractivity contribution in [2.24, 2.45) is 17.8 Å². The van der Waals surface area contributed by atoms with E-state index in [9.17, 15) is 24.6 Å². The molecule has 5 aliphatic heterocycles. The number of aliphatic hydroxyl groups is 1. The van der Waals surface area contributed by atoms with E-state index in [0.29, 0.717) is 18.9 Å². The first kappa shape index (κ1) is 49.6. The van der Waals surface area contributed by atoms with Gasteiger partial charge in [0, 0.05) is 73.9 Å². The number of nitrogens with one attached hydrogen (secondary N) is 1. The fourth-order valence-electron chi connectivity index (χ4n) is 9.30. The molecule has 0 saturated carbocycles. The molecular weight excluding hydrogens is 903 g/mol. The third kappa shape index (κ3) is 9.33. The van der Waals surface area contributed by atoms with Crippen LogP contribution in [0.5, 0.6) is 23.0 Å². The fourth-order valence-corrected chi connectivity index (χ4v) is 9.30. The quantitative estimate of drug-likeness (QED) is 0.0754. The summed E-state index contributed by atoms with van der Waals surface area (Å²) in [5.41, 5.74) is -0.0237. The summed E-state index contributed by atoms with van der Waals surface area (Å²) in [5.74, 6) is -5.61. The maximum absolute atomic E-state index is 15.0. The number of aliphatic hydroxyl groups excluding tert-OH is 1. The molecule has 1 amide bonds. The summed E-state index contributed by atoms with van der Waals surface area (Å²) in [7, 11) is 5.29. The highest BCUT2D eigenvalue weighted by atomic mass is 16.7. The molecule has 70 heavy (non-hydrogen) atoms. The number of nitrogens with zero attached hydrogens (tertiary/aromatic N) is 2. The zero-order chi connectivity index (χ0) is 50.3. The van der Waals surface area contributed by atoms with Gasteiger partial charge in [0.05, 0.1) is 35.5 Å². The van der Waals surface area contributed by atoms with E-state index in [0.717, 1.165) is 5.56 Å². The van der Waals surface area contributed by atoms with Crippen LogP contribution in [0.1, 0.15) is 63.0 Å². The van der Waals surface area contributed by atoms with Crippen LogP contribution in [0.25, 0.3) is 33.3 Å². The van der Waals surface area contributed by atoms with Gasteiger partial charge >= 0.3 is 11.8 Å². The number of phenols is 1. The van der Waals surface area contributed by atoms with E-state index >= 15 is 4.79 Å². The van der Waals surface area contributed by atoms with Gasteiger partial charge in [0.25, 0.3) is 11.7 Å². The molecule has 9 atom stereocenters. The molecule has 6 aliphatic rings. The summed E-state index contributed by atoms with van der Waals surface area (Å²) in [6.07, 6.45) is 3.50. The van der Waals surface area contributed by atoms with Crippen LogP contribution in [-0.2, 0) is 35.1 Å². The molecule has 370 valence electrons. The highest BCUT2D eigenvalue weighted by Crippen LogP contribution is 2.51. The van der Waals surface area contributed by atoms with E-state index in [1.807, 2.05) is 69.3 Å². The summed E-state index contributed by atoms with van der Waals surface area (Å²) in [5, 5.41) is 25.9. The Bertz CT molecular complexity index is 2960. The first-order chi connectivity index (χ1) is 33.3. The normalized spacial score (nSPS) is 27.6. The molecule has 1 aliphatic carbocycles. The van der Waals surface area contributed by atoms with Crippen molar-refractivity contribution in [1.82, 2.24) is 9.88 Å². The molecule has 3 aromatic rings. The summed E-state index contributed by atoms with van der Waals surface area (Å²) < 4.78 is 49.8. The van der Waals surface area contributed by atoms with Gasteiger partial charge in [0.2, 0.25) is 5.43 Å². The van der Waals surface area contributed by atoms with Gasteiger partial charge < -0.3 is 58.0 Å². The molecule has 0 radical (unpaired) electrons. The molecule has 7 bridgehead atoms. The van der Waals surface area contributed by atoms with Crippen molar-refractivity contribution in [3.05, 3.63) is 106 Å². The number of rotatable bonds is 9. The Labute approximate surface area is 404 Å². The lowest BCUT2D eigenvalue weighted by atomic mass is 9.86. The van der Waals surface area contributed by atoms with Crippen LogP contribution >= 0.6 is 0 Å². The topological polar surface area (TPSA) is 215 Å². The summed E-state index contributed by atoms with van der Waals surface area (Å²) in [4.78, 5) is 63.7. The van der Waals surface area contributed by atoms with Crippen LogP contribution in [0, 0.1) is 24.7 Å². The molecule has 9 rings (SSSR count). The number of esters is 1. The largest absolute Gasteiger partial charge is 0.507 e. The first-order valence-corrected chi connectivity index (χ1v) is 23.2. The number of benzene rings is 4. The second-order valence-corrected chi connectivity index (χ2v) is 18.6. The number of fused-ring (bicyclic) bond motifs is 9. The number of methoxy groups -OCH3 is 1. The zero-order valence-corrected chi connectivity index (χ0v) is 40.9. The summed E-state index contributed by atoms with van der Waals surface area (Å²) >= 11 is 0. The molecule has 0 spiro atoms. The molecule has 3 aromatic carbocycles. The number of hydrogen-bond donors (Lipinski definition) is 3. The maximum atomic E-state index is 15.0. The molecule has 17 heteroatoms. The van der Waals surface area contributed by atoms with Gasteiger partial charge in [-0.25, -0.2) is 4.98 Å². The number of carbonyl (C=O) groups is 3. The fraction of sp³-hybridized carbons (Fsp3) is 0.415. The van der Waals surface area contributed by atoms with E-state index in [4.69, 9.17) is 42.6 Å². The number of ether oxygens (including phenoxy) is 7. The Morgan fingerprint density at radius 2 is 1.73 bits per heavy atom. The van der Waals surface area contributed by atoms with Crippen LogP contribution in [0.2, 0.25) is 0 Å². The minimum atomic E-state index is -2.08. The Morgan fingerprint density at radius 1 is 0.986 bits per heavy atom. The average Bonchev–Trinajstić information content (AvgIpc) is 3.77. The molecule has 1 saturated heterocycles. The molecular formula is C53H59N3O14. The number of aromatic hydroxyl groups is 1. The standard InChI is InChI=1S/C53H59N3O14/c1-26-15-14-16-27(2)52(62)55-42-45(60)38-37(41-49(42)68-36-24-33(64-22-20-56(8)9)23-35(40(36)54-41)65-25-32-17-12-11-13-18-32)39-47(29(4)43(38)58)70-53(7,51(39)61)66-21-19-34(63-10)28(3)48(67-31(6)57)50-44(59)30(5)46(26)69-50/h11-19,21,23-24,26,28,30,34,44,46,48,50,58-59H,20,22,25H2,1-10H3,(H,55,62)/b15-14+,21-19+,27-16-/t26-,28+,30-,34-,44+,46-,48+,50+,53-/m0/s1. The van der Waals surface area contributed by atoms with Crippen molar-refractivity contribution in [1.29, 1.82) is 0 Å². The molecule has 5 heterocycles. The van der Waals surface area contributed by atoms with E-state index in [1.165, 1.54) is 40.2 Å². The van der Waals surface area contributed by atoms with Gasteiger partial charge in [-0.05, 0) is 39.6 Å². The van der Waals surface area contributed by atoms with Gasteiger partial charge in [-0.1, -0.05) is 69.3 Å². The number of aromatic nitrogens is 1. The highest BCUT2D eigenvalue weighted by molar-refractivity contribution is 6.22. The van der Waals surface area contributed by atoms with Crippen molar-refractivity contribution >= 4 is 45.2 Å². The number of ketones is 1. The predicted molar refractivity (Wildman–Crippen MR) is 259 cm³/mol. The molecule has 0 unspecified atom stereocenters. The predicted octanol–water partition coefficient (Wildman–Crippen LogP) is 7.24. The van der Waals surface area contributed by atoms with Gasteiger partial charge in [-0.3, -0.25) is 19.2 Å². The van der Waals surface area contributed by atoms with E-state index in [-0.39, 0.29) is 79.7 Å². The Morgan fingerprint density at radius 3 is 2.43 bits per heavy atom. The molecule has 0 aromatic heterocycles. The van der Waals surface area contributed by atoms with Gasteiger partial charge in [0.15, 0.2) is 17.1 Å². The van der Waals surface area contributed by atoms with Gasteiger partial charge in [-0.15, -0.1) is 0 Å². The number of phenolic OH excluding ortho intramolecular Hbond substituents is 1. The first-order valence-electron chi connectivity index (χ1n) is 23.2. The minimum Gasteiger partial charge on any atom is -0.507 e. The highest BCUT2D eigenvalue weighted by Gasteiger charge is 2.51. The lowest BCUT2D eigenvalue weighted by Crippen LogP contribution is -2.46. The Balaban J connectivity index is 1.35. The molecule has 17 nitrogen and oxygen atoms in total. The minimum absolute atomic E-state index is 0.0464. The maximum Gasteiger partial charge on any atom is 0.312 e. The van der Waals surface area contributed by atoms with Crippen LogP contribution in [-0.4, -0.2) is 108 Å². The SMILES string of the molecule is CO[C@H]1/C=C/O[C@@]2(C)Oc3c(C)c(O)c4c(=O)c(c5oc6cc(OCCN(C)C)cc(OCc7ccccc7)c6nc-5c4c3C2=O)NC(=O)/C(C)=C\C=C\[C@H](C)[C@@H]2O[C@H]([C@H](O)[C@@H]2C)[C@H](OC(C)=O)[C@@H]1C. The molecule has 3 N–H and O–H groups in total. The second kappa shape index (κ2) is 19.9. The van der Waals surface area contributed by atoms with E-state index < -0.39 is 77.0 Å². The van der Waals surface area contributed by atoms with Crippen LogP contribution in [0.4, 0.5) is 5.69 Å². The smallest absolute Gasteiger partial charge is 0.312 e. The van der Waals surface area contributed by atoms with E-state index in [1.54, 1.807) is 38.1 Å². The number of carbonyl (C=O) groups excluding carboxylic acids is 3. The number of allylic oxidation sites excluding steroid dienone is 2.